The molecule has 0 saturated carbocycles. The number of rotatable bonds is 6. The molecule has 0 atom stereocenters. The van der Waals surface area contributed by atoms with Gasteiger partial charge in [-0.1, -0.05) is 200 Å². The van der Waals surface area contributed by atoms with Crippen molar-refractivity contribution in [3.63, 3.8) is 0 Å². The van der Waals surface area contributed by atoms with E-state index < -0.39 is 5.41 Å². The first-order valence-electron chi connectivity index (χ1n) is 21.8. The number of nitrogens with zero attached hydrogens (tertiary/aromatic N) is 1. The molecule has 2 heteroatoms. The van der Waals surface area contributed by atoms with Gasteiger partial charge in [0.05, 0.1) is 11.1 Å². The Labute approximate surface area is 371 Å². The predicted octanol–water partition coefficient (Wildman–Crippen LogP) is 16.9. The highest BCUT2D eigenvalue weighted by molar-refractivity contribution is 7.25. The molecule has 2 aliphatic rings. The lowest BCUT2D eigenvalue weighted by Crippen LogP contribution is -2.25. The Morgan fingerprint density at radius 2 is 0.730 bits per heavy atom. The van der Waals surface area contributed by atoms with E-state index in [9.17, 15) is 0 Å². The van der Waals surface area contributed by atoms with Crippen molar-refractivity contribution in [2.24, 2.45) is 0 Å². The third kappa shape index (κ3) is 5.29. The minimum atomic E-state index is -0.401. The minimum absolute atomic E-state index is 0.401. The molecule has 10 aromatic carbocycles. The van der Waals surface area contributed by atoms with Gasteiger partial charge in [0.25, 0.3) is 0 Å². The van der Waals surface area contributed by atoms with Crippen molar-refractivity contribution >= 4 is 48.6 Å². The average molecular weight is 818 g/mol. The van der Waals surface area contributed by atoms with Gasteiger partial charge in [0.1, 0.15) is 0 Å². The molecular weight excluding hydrogens is 779 g/mol. The second-order valence-electron chi connectivity index (χ2n) is 16.7. The van der Waals surface area contributed by atoms with Gasteiger partial charge in [0.2, 0.25) is 0 Å². The molecule has 0 radical (unpaired) electrons. The van der Waals surface area contributed by atoms with Crippen LogP contribution >= 0.6 is 11.3 Å². The van der Waals surface area contributed by atoms with Crippen LogP contribution in [0, 0.1) is 0 Å². The van der Waals surface area contributed by atoms with Gasteiger partial charge in [-0.3, -0.25) is 0 Å². The van der Waals surface area contributed by atoms with E-state index >= 15 is 0 Å². The molecular formula is C61H39NS. The average Bonchev–Trinajstić information content (AvgIpc) is 3.98. The molecule has 1 nitrogen and oxygen atoms in total. The molecule has 1 heterocycles. The van der Waals surface area contributed by atoms with E-state index in [0.717, 1.165) is 17.1 Å². The number of benzene rings is 10. The number of hydrogen-bond donors (Lipinski definition) is 0. The summed E-state index contributed by atoms with van der Waals surface area (Å²) in [6.07, 6.45) is 0. The molecule has 1 aromatic heterocycles. The Bertz CT molecular complexity index is 3550. The number of anilines is 3. The Balaban J connectivity index is 1.06. The quantitative estimate of drug-likeness (QED) is 0.162. The number of hydrogen-bond acceptors (Lipinski definition) is 2. The van der Waals surface area contributed by atoms with Crippen LogP contribution in [0.4, 0.5) is 17.1 Å². The van der Waals surface area contributed by atoms with Crippen LogP contribution in [0.5, 0.6) is 0 Å². The van der Waals surface area contributed by atoms with Gasteiger partial charge in [-0.15, -0.1) is 11.3 Å². The van der Waals surface area contributed by atoms with E-state index in [1.165, 1.54) is 98.1 Å². The van der Waals surface area contributed by atoms with Crippen molar-refractivity contribution in [3.05, 3.63) is 259 Å². The van der Waals surface area contributed by atoms with Crippen LogP contribution in [0.25, 0.3) is 75.8 Å². The smallest absolute Gasteiger partial charge is 0.0725 e. The molecule has 294 valence electrons. The summed E-state index contributed by atoms with van der Waals surface area (Å²) in [4.78, 5) is 2.50. The zero-order chi connectivity index (χ0) is 41.5. The second kappa shape index (κ2) is 14.1. The maximum absolute atomic E-state index is 2.50. The van der Waals surface area contributed by atoms with E-state index in [4.69, 9.17) is 0 Å². The number of para-hydroxylation sites is 1. The van der Waals surface area contributed by atoms with Gasteiger partial charge in [-0.2, -0.15) is 0 Å². The Hall–Kier alpha value is -7.78. The summed E-state index contributed by atoms with van der Waals surface area (Å²) in [7, 11) is 0. The molecule has 2 aliphatic carbocycles. The zero-order valence-electron chi connectivity index (χ0n) is 34.4. The molecule has 63 heavy (non-hydrogen) atoms. The Morgan fingerprint density at radius 1 is 0.286 bits per heavy atom. The molecule has 0 aliphatic heterocycles. The maximum atomic E-state index is 2.50. The van der Waals surface area contributed by atoms with E-state index in [1.807, 2.05) is 11.3 Å². The first-order chi connectivity index (χ1) is 31.3. The van der Waals surface area contributed by atoms with Crippen LogP contribution < -0.4 is 4.90 Å². The summed E-state index contributed by atoms with van der Waals surface area (Å²) < 4.78 is 2.58. The fourth-order valence-electron chi connectivity index (χ4n) is 10.9. The van der Waals surface area contributed by atoms with Gasteiger partial charge in [0, 0.05) is 37.1 Å². The highest BCUT2D eigenvalue weighted by Gasteiger charge is 2.51. The largest absolute Gasteiger partial charge is 0.310 e. The Kier molecular flexibility index (Phi) is 8.06. The zero-order valence-corrected chi connectivity index (χ0v) is 35.2. The lowest BCUT2D eigenvalue weighted by Gasteiger charge is -2.31. The van der Waals surface area contributed by atoms with Crippen LogP contribution in [0.2, 0.25) is 0 Å². The third-order valence-electron chi connectivity index (χ3n) is 13.5. The summed E-state index contributed by atoms with van der Waals surface area (Å²) in [6.45, 7) is 0. The van der Waals surface area contributed by atoms with Crippen LogP contribution in [-0.2, 0) is 5.41 Å². The van der Waals surface area contributed by atoms with Crippen molar-refractivity contribution in [3.8, 4) is 55.6 Å². The molecule has 0 bridgehead atoms. The van der Waals surface area contributed by atoms with Crippen molar-refractivity contribution in [1.82, 2.24) is 0 Å². The van der Waals surface area contributed by atoms with Gasteiger partial charge in [0.15, 0.2) is 0 Å². The van der Waals surface area contributed by atoms with E-state index in [0.29, 0.717) is 0 Å². The van der Waals surface area contributed by atoms with Crippen LogP contribution in [0.1, 0.15) is 22.3 Å². The summed E-state index contributed by atoms with van der Waals surface area (Å²) >= 11 is 1.87. The van der Waals surface area contributed by atoms with Gasteiger partial charge >= 0.3 is 0 Å². The highest BCUT2D eigenvalue weighted by atomic mass is 32.1. The first-order valence-corrected chi connectivity index (χ1v) is 22.6. The Morgan fingerprint density at radius 3 is 1.41 bits per heavy atom. The summed E-state index contributed by atoms with van der Waals surface area (Å²) in [6, 6.07) is 87.8. The lowest BCUT2D eigenvalue weighted by atomic mass is 9.70. The molecule has 11 aromatic rings. The molecule has 0 unspecified atom stereocenters. The van der Waals surface area contributed by atoms with Gasteiger partial charge in [-0.05, 0) is 109 Å². The SMILES string of the molecule is c1ccc(-c2ccccc2-c2ccccc2-c2ccccc2N(c2ccc3c(c2)-c2ccccc2C32c3ccccc3-c3ccccc32)c2ccc3c(c2)sc2ccccc23)cc1. The molecule has 13 rings (SSSR count). The molecule has 0 N–H and O–H groups in total. The fraction of sp³-hybridized carbons (Fsp3) is 0.0164. The van der Waals surface area contributed by atoms with Crippen LogP contribution in [0.15, 0.2) is 237 Å². The van der Waals surface area contributed by atoms with Crippen molar-refractivity contribution in [2.45, 2.75) is 5.41 Å². The monoisotopic (exact) mass is 817 g/mol. The summed E-state index contributed by atoms with van der Waals surface area (Å²) in [5.74, 6) is 0. The van der Waals surface area contributed by atoms with E-state index in [-0.39, 0.29) is 0 Å². The summed E-state index contributed by atoms with van der Waals surface area (Å²) in [5.41, 5.74) is 20.8. The standard InChI is InChI=1S/C61H39NS/c1-2-18-40(19-3-1)43-20-4-5-21-44(43)45-22-6-7-23-46(45)50-27-11-16-32-58(50)62(42-34-36-52-51-28-12-17-33-59(51)63-60(52)39-42)41-35-37-57-53(38-41)49-26-10-15-31-56(49)61(57)54-29-13-8-24-47(54)48-25-9-14-30-55(48)61/h1-39H. The molecule has 0 fully saturated rings. The van der Waals surface area contributed by atoms with Crippen molar-refractivity contribution < 1.29 is 0 Å². The lowest BCUT2D eigenvalue weighted by molar-refractivity contribution is 0.794. The van der Waals surface area contributed by atoms with Crippen LogP contribution in [0.3, 0.4) is 0 Å². The number of thiophene rings is 1. The molecule has 0 amide bonds. The fourth-order valence-corrected chi connectivity index (χ4v) is 12.1. The number of fused-ring (bicyclic) bond motifs is 13. The summed E-state index contributed by atoms with van der Waals surface area (Å²) in [5, 5.41) is 2.59. The van der Waals surface area contributed by atoms with Gasteiger partial charge < -0.3 is 4.90 Å². The van der Waals surface area contributed by atoms with Crippen molar-refractivity contribution in [2.75, 3.05) is 4.90 Å². The maximum Gasteiger partial charge on any atom is 0.0725 e. The third-order valence-corrected chi connectivity index (χ3v) is 14.7. The van der Waals surface area contributed by atoms with Gasteiger partial charge in [-0.25, -0.2) is 0 Å². The van der Waals surface area contributed by atoms with E-state index in [2.05, 4.69) is 241 Å². The first kappa shape index (κ1) is 35.9. The molecule has 0 saturated heterocycles. The van der Waals surface area contributed by atoms with Crippen molar-refractivity contribution in [1.29, 1.82) is 0 Å². The van der Waals surface area contributed by atoms with Crippen LogP contribution in [-0.4, -0.2) is 0 Å². The normalized spacial score (nSPS) is 12.9. The second-order valence-corrected chi connectivity index (χ2v) is 17.8. The van der Waals surface area contributed by atoms with E-state index in [1.54, 1.807) is 0 Å². The minimum Gasteiger partial charge on any atom is -0.310 e. The topological polar surface area (TPSA) is 3.24 Å². The highest BCUT2D eigenvalue weighted by Crippen LogP contribution is 2.63. The molecule has 1 spiro atoms. The predicted molar refractivity (Wildman–Crippen MR) is 267 cm³/mol.